The SMILES string of the molecule is CCOC(=O)C1C(=O)NC(=O)CC1c1ccc(OCc2ccccc2)cc1. The number of piperidine rings is 1. The van der Waals surface area contributed by atoms with Gasteiger partial charge in [0.2, 0.25) is 11.8 Å². The summed E-state index contributed by atoms with van der Waals surface area (Å²) < 4.78 is 10.8. The number of hydrogen-bond acceptors (Lipinski definition) is 5. The number of carbonyl (C=O) groups excluding carboxylic acids is 3. The molecule has 2 amide bonds. The number of hydrogen-bond donors (Lipinski definition) is 1. The van der Waals surface area contributed by atoms with Gasteiger partial charge in [0.1, 0.15) is 18.3 Å². The lowest BCUT2D eigenvalue weighted by Gasteiger charge is -2.28. The third-order valence-electron chi connectivity index (χ3n) is 4.45. The van der Waals surface area contributed by atoms with Crippen molar-refractivity contribution in [2.75, 3.05) is 6.61 Å². The first-order valence-electron chi connectivity index (χ1n) is 8.85. The molecular weight excluding hydrogens is 346 g/mol. The summed E-state index contributed by atoms with van der Waals surface area (Å²) in [7, 11) is 0. The van der Waals surface area contributed by atoms with E-state index in [-0.39, 0.29) is 13.0 Å². The molecule has 0 aliphatic carbocycles. The Hall–Kier alpha value is -3.15. The van der Waals surface area contributed by atoms with Crippen LogP contribution in [0.4, 0.5) is 0 Å². The van der Waals surface area contributed by atoms with Crippen molar-refractivity contribution in [3.63, 3.8) is 0 Å². The lowest BCUT2D eigenvalue weighted by atomic mass is 9.80. The van der Waals surface area contributed by atoms with Crippen molar-refractivity contribution < 1.29 is 23.9 Å². The second-order valence-corrected chi connectivity index (χ2v) is 6.30. The van der Waals surface area contributed by atoms with Gasteiger partial charge in [-0.05, 0) is 30.2 Å². The third-order valence-corrected chi connectivity index (χ3v) is 4.45. The topological polar surface area (TPSA) is 81.7 Å². The maximum absolute atomic E-state index is 12.2. The maximum Gasteiger partial charge on any atom is 0.319 e. The molecule has 140 valence electrons. The molecule has 0 radical (unpaired) electrons. The summed E-state index contributed by atoms with van der Waals surface area (Å²) in [5.41, 5.74) is 1.78. The molecule has 1 aliphatic heterocycles. The average molecular weight is 367 g/mol. The van der Waals surface area contributed by atoms with Gasteiger partial charge in [-0.2, -0.15) is 0 Å². The lowest BCUT2D eigenvalue weighted by Crippen LogP contribution is -2.48. The van der Waals surface area contributed by atoms with E-state index in [0.29, 0.717) is 12.4 Å². The van der Waals surface area contributed by atoms with Crippen LogP contribution < -0.4 is 10.1 Å². The van der Waals surface area contributed by atoms with Gasteiger partial charge in [0.15, 0.2) is 0 Å². The molecule has 1 fully saturated rings. The van der Waals surface area contributed by atoms with Gasteiger partial charge >= 0.3 is 5.97 Å². The molecule has 2 atom stereocenters. The molecular formula is C21H21NO5. The standard InChI is InChI=1S/C21H21NO5/c1-2-26-21(25)19-17(12-18(23)22-20(19)24)15-8-10-16(11-9-15)27-13-14-6-4-3-5-7-14/h3-11,17,19H,2,12-13H2,1H3,(H,22,23,24). The molecule has 0 spiro atoms. The maximum atomic E-state index is 12.2. The predicted molar refractivity (Wildman–Crippen MR) is 97.8 cm³/mol. The number of benzene rings is 2. The molecule has 2 unspecified atom stereocenters. The number of esters is 1. The zero-order valence-corrected chi connectivity index (χ0v) is 15.0. The van der Waals surface area contributed by atoms with Crippen LogP contribution >= 0.6 is 0 Å². The summed E-state index contributed by atoms with van der Waals surface area (Å²) in [6.07, 6.45) is 0.0550. The number of carbonyl (C=O) groups is 3. The van der Waals surface area contributed by atoms with Crippen LogP contribution in [0.3, 0.4) is 0 Å². The Morgan fingerprint density at radius 3 is 2.44 bits per heavy atom. The summed E-state index contributed by atoms with van der Waals surface area (Å²) in [4.78, 5) is 36.2. The van der Waals surface area contributed by atoms with Crippen molar-refractivity contribution in [2.45, 2.75) is 25.9 Å². The van der Waals surface area contributed by atoms with Crippen LogP contribution in [0.1, 0.15) is 30.4 Å². The molecule has 0 saturated carbocycles. The lowest BCUT2D eigenvalue weighted by molar-refractivity contribution is -0.155. The molecule has 27 heavy (non-hydrogen) atoms. The number of amides is 2. The fourth-order valence-electron chi connectivity index (χ4n) is 3.13. The van der Waals surface area contributed by atoms with E-state index < -0.39 is 29.6 Å². The van der Waals surface area contributed by atoms with E-state index in [0.717, 1.165) is 11.1 Å². The Bertz CT molecular complexity index is 816. The molecule has 1 heterocycles. The highest BCUT2D eigenvalue weighted by molar-refractivity contribution is 6.08. The second kappa shape index (κ2) is 8.49. The minimum Gasteiger partial charge on any atom is -0.489 e. The Labute approximate surface area is 157 Å². The van der Waals surface area contributed by atoms with E-state index in [1.165, 1.54) is 0 Å². The van der Waals surface area contributed by atoms with Crippen molar-refractivity contribution in [3.05, 3.63) is 65.7 Å². The fraction of sp³-hybridized carbons (Fsp3) is 0.286. The smallest absolute Gasteiger partial charge is 0.319 e. The van der Waals surface area contributed by atoms with Crippen LogP contribution in [0, 0.1) is 5.92 Å². The summed E-state index contributed by atoms with van der Waals surface area (Å²) in [6, 6.07) is 16.9. The first-order chi connectivity index (χ1) is 13.1. The Morgan fingerprint density at radius 1 is 1.07 bits per heavy atom. The van der Waals surface area contributed by atoms with Crippen LogP contribution in [0.15, 0.2) is 54.6 Å². The van der Waals surface area contributed by atoms with E-state index in [2.05, 4.69) is 5.32 Å². The van der Waals surface area contributed by atoms with Gasteiger partial charge in [0, 0.05) is 12.3 Å². The second-order valence-electron chi connectivity index (χ2n) is 6.30. The normalized spacial score (nSPS) is 19.3. The van der Waals surface area contributed by atoms with E-state index in [1.54, 1.807) is 31.2 Å². The van der Waals surface area contributed by atoms with Gasteiger partial charge in [-0.25, -0.2) is 0 Å². The van der Waals surface area contributed by atoms with Crippen LogP contribution in [-0.2, 0) is 25.7 Å². The largest absolute Gasteiger partial charge is 0.489 e. The van der Waals surface area contributed by atoms with Crippen LogP contribution in [0.25, 0.3) is 0 Å². The fourth-order valence-corrected chi connectivity index (χ4v) is 3.13. The molecule has 2 aromatic rings. The third kappa shape index (κ3) is 4.53. The monoisotopic (exact) mass is 367 g/mol. The van der Waals surface area contributed by atoms with Gasteiger partial charge < -0.3 is 9.47 Å². The molecule has 0 aromatic heterocycles. The average Bonchev–Trinajstić information content (AvgIpc) is 2.67. The van der Waals surface area contributed by atoms with Crippen molar-refractivity contribution in [1.29, 1.82) is 0 Å². The number of imide groups is 1. The first kappa shape index (κ1) is 18.6. The van der Waals surface area contributed by atoms with Gasteiger partial charge in [-0.3, -0.25) is 19.7 Å². The summed E-state index contributed by atoms with van der Waals surface area (Å²) in [6.45, 7) is 2.29. The minimum absolute atomic E-state index is 0.0550. The Morgan fingerprint density at radius 2 is 1.78 bits per heavy atom. The predicted octanol–water partition coefficient (Wildman–Crippen LogP) is 2.58. The number of ether oxygens (including phenoxy) is 2. The highest BCUT2D eigenvalue weighted by atomic mass is 16.5. The number of rotatable bonds is 6. The Kier molecular flexibility index (Phi) is 5.86. The molecule has 0 bridgehead atoms. The van der Waals surface area contributed by atoms with Gasteiger partial charge in [0.25, 0.3) is 0 Å². The van der Waals surface area contributed by atoms with E-state index >= 15 is 0 Å². The molecule has 1 N–H and O–H groups in total. The number of nitrogens with one attached hydrogen (secondary N) is 1. The van der Waals surface area contributed by atoms with E-state index in [9.17, 15) is 14.4 Å². The van der Waals surface area contributed by atoms with Crippen LogP contribution in [-0.4, -0.2) is 24.4 Å². The first-order valence-corrected chi connectivity index (χ1v) is 8.85. The van der Waals surface area contributed by atoms with Crippen molar-refractivity contribution >= 4 is 17.8 Å². The molecule has 6 nitrogen and oxygen atoms in total. The summed E-state index contributed by atoms with van der Waals surface area (Å²) in [5, 5.41) is 2.21. The highest BCUT2D eigenvalue weighted by Gasteiger charge is 2.42. The van der Waals surface area contributed by atoms with Gasteiger partial charge in [-0.15, -0.1) is 0 Å². The van der Waals surface area contributed by atoms with E-state index in [4.69, 9.17) is 9.47 Å². The van der Waals surface area contributed by atoms with Crippen LogP contribution in [0.5, 0.6) is 5.75 Å². The van der Waals surface area contributed by atoms with Gasteiger partial charge in [0.05, 0.1) is 6.61 Å². The molecule has 2 aromatic carbocycles. The molecule has 1 aliphatic rings. The summed E-state index contributed by atoms with van der Waals surface area (Å²) >= 11 is 0. The zero-order valence-electron chi connectivity index (χ0n) is 15.0. The Balaban J connectivity index is 1.74. The van der Waals surface area contributed by atoms with Crippen molar-refractivity contribution in [1.82, 2.24) is 5.32 Å². The molecule has 3 rings (SSSR count). The molecule has 6 heteroatoms. The summed E-state index contributed by atoms with van der Waals surface area (Å²) in [5.74, 6) is -2.53. The van der Waals surface area contributed by atoms with Crippen molar-refractivity contribution in [3.8, 4) is 5.75 Å². The minimum atomic E-state index is -1.03. The van der Waals surface area contributed by atoms with Crippen molar-refractivity contribution in [2.24, 2.45) is 5.92 Å². The van der Waals surface area contributed by atoms with E-state index in [1.807, 2.05) is 30.3 Å². The van der Waals surface area contributed by atoms with Gasteiger partial charge in [-0.1, -0.05) is 42.5 Å². The quantitative estimate of drug-likeness (QED) is 0.482. The zero-order chi connectivity index (χ0) is 19.2. The molecule has 1 saturated heterocycles. The highest BCUT2D eigenvalue weighted by Crippen LogP contribution is 2.33. The van der Waals surface area contributed by atoms with Crippen LogP contribution in [0.2, 0.25) is 0 Å².